The second-order valence-corrected chi connectivity index (χ2v) is 5.35. The van der Waals surface area contributed by atoms with Gasteiger partial charge in [0.15, 0.2) is 0 Å². The van der Waals surface area contributed by atoms with Crippen LogP contribution in [0.15, 0.2) is 30.3 Å². The Balaban J connectivity index is 1.53. The summed E-state index contributed by atoms with van der Waals surface area (Å²) in [5.74, 6) is 0. The monoisotopic (exact) mass is 243 g/mol. The van der Waals surface area contributed by atoms with Gasteiger partial charge in [-0.1, -0.05) is 18.2 Å². The molecule has 1 saturated carbocycles. The molecule has 1 aliphatic rings. The molecule has 0 spiro atoms. The molecule has 3 heteroatoms. The van der Waals surface area contributed by atoms with Crippen LogP contribution in [0.3, 0.4) is 0 Å². The lowest BCUT2D eigenvalue weighted by Gasteiger charge is -2.15. The largest absolute Gasteiger partial charge is 0.357 e. The van der Waals surface area contributed by atoms with Gasteiger partial charge in [0.1, 0.15) is 0 Å². The molecule has 1 fully saturated rings. The van der Waals surface area contributed by atoms with Gasteiger partial charge in [0.2, 0.25) is 0 Å². The zero-order valence-electron chi connectivity index (χ0n) is 10.9. The molecule has 0 bridgehead atoms. The van der Waals surface area contributed by atoms with Crippen molar-refractivity contribution < 1.29 is 0 Å². The molecule has 3 nitrogen and oxygen atoms in total. The first-order valence-corrected chi connectivity index (χ1v) is 6.80. The van der Waals surface area contributed by atoms with Crippen LogP contribution in [0.5, 0.6) is 0 Å². The molecular formula is C15H21N3. The number of rotatable bonds is 6. The minimum atomic E-state index is 0.812. The van der Waals surface area contributed by atoms with Gasteiger partial charge in [0, 0.05) is 36.9 Å². The summed E-state index contributed by atoms with van der Waals surface area (Å²) < 4.78 is 0. The lowest BCUT2D eigenvalue weighted by atomic mass is 10.2. The van der Waals surface area contributed by atoms with Crippen molar-refractivity contribution in [1.82, 2.24) is 15.2 Å². The second kappa shape index (κ2) is 5.12. The van der Waals surface area contributed by atoms with E-state index in [0.717, 1.165) is 25.7 Å². The molecule has 0 amide bonds. The molecule has 0 aliphatic heterocycles. The Morgan fingerprint density at radius 3 is 2.94 bits per heavy atom. The SMILES string of the molecule is CN(CCNC1CC1)Cc1cc2ccccc2[nH]1. The quantitative estimate of drug-likeness (QED) is 0.816. The predicted molar refractivity (Wildman–Crippen MR) is 75.7 cm³/mol. The van der Waals surface area contributed by atoms with Crippen molar-refractivity contribution in [3.8, 4) is 0 Å². The van der Waals surface area contributed by atoms with Gasteiger partial charge in [-0.2, -0.15) is 0 Å². The third-order valence-corrected chi connectivity index (χ3v) is 3.53. The highest BCUT2D eigenvalue weighted by Crippen LogP contribution is 2.18. The second-order valence-electron chi connectivity index (χ2n) is 5.35. The Kier molecular flexibility index (Phi) is 3.35. The number of fused-ring (bicyclic) bond motifs is 1. The molecule has 0 unspecified atom stereocenters. The number of H-pyrrole nitrogens is 1. The molecule has 0 radical (unpaired) electrons. The summed E-state index contributed by atoms with van der Waals surface area (Å²) in [6, 6.07) is 11.5. The maximum absolute atomic E-state index is 3.55. The van der Waals surface area contributed by atoms with Crippen molar-refractivity contribution in [2.45, 2.75) is 25.4 Å². The number of benzene rings is 1. The van der Waals surface area contributed by atoms with E-state index in [-0.39, 0.29) is 0 Å². The fraction of sp³-hybridized carbons (Fsp3) is 0.467. The van der Waals surface area contributed by atoms with Crippen LogP contribution in [0.1, 0.15) is 18.5 Å². The van der Waals surface area contributed by atoms with E-state index < -0.39 is 0 Å². The molecular weight excluding hydrogens is 222 g/mol. The maximum Gasteiger partial charge on any atom is 0.0456 e. The zero-order valence-corrected chi connectivity index (χ0v) is 10.9. The van der Waals surface area contributed by atoms with Crippen molar-refractivity contribution >= 4 is 10.9 Å². The lowest BCUT2D eigenvalue weighted by Crippen LogP contribution is -2.30. The number of para-hydroxylation sites is 1. The van der Waals surface area contributed by atoms with Crippen LogP contribution in [0.25, 0.3) is 10.9 Å². The van der Waals surface area contributed by atoms with Gasteiger partial charge < -0.3 is 10.3 Å². The molecule has 0 atom stereocenters. The van der Waals surface area contributed by atoms with Crippen LogP contribution in [0.4, 0.5) is 0 Å². The van der Waals surface area contributed by atoms with Crippen LogP contribution >= 0.6 is 0 Å². The molecule has 1 aromatic carbocycles. The summed E-state index contributed by atoms with van der Waals surface area (Å²) in [5, 5.41) is 4.85. The minimum absolute atomic E-state index is 0.812. The maximum atomic E-state index is 3.55. The Bertz CT molecular complexity index is 480. The van der Waals surface area contributed by atoms with Gasteiger partial charge >= 0.3 is 0 Å². The Morgan fingerprint density at radius 1 is 1.33 bits per heavy atom. The first kappa shape index (κ1) is 11.8. The van der Waals surface area contributed by atoms with Crippen molar-refractivity contribution in [3.05, 3.63) is 36.0 Å². The number of hydrogen-bond donors (Lipinski definition) is 2. The van der Waals surface area contributed by atoms with Crippen molar-refractivity contribution in [1.29, 1.82) is 0 Å². The Labute approximate surface area is 108 Å². The molecule has 0 saturated heterocycles. The molecule has 18 heavy (non-hydrogen) atoms. The highest BCUT2D eigenvalue weighted by Gasteiger charge is 2.19. The number of aromatic nitrogens is 1. The van der Waals surface area contributed by atoms with Gasteiger partial charge in [-0.05, 0) is 37.4 Å². The lowest BCUT2D eigenvalue weighted by molar-refractivity contribution is 0.321. The van der Waals surface area contributed by atoms with E-state index in [1.165, 1.54) is 29.4 Å². The van der Waals surface area contributed by atoms with Crippen LogP contribution in [0, 0.1) is 0 Å². The van der Waals surface area contributed by atoms with E-state index in [1.807, 2.05) is 0 Å². The van der Waals surface area contributed by atoms with Crippen LogP contribution in [-0.4, -0.2) is 36.1 Å². The topological polar surface area (TPSA) is 31.1 Å². The smallest absolute Gasteiger partial charge is 0.0456 e. The summed E-state index contributed by atoms with van der Waals surface area (Å²) in [6.07, 6.45) is 2.73. The van der Waals surface area contributed by atoms with E-state index in [4.69, 9.17) is 0 Å². The van der Waals surface area contributed by atoms with E-state index in [2.05, 4.69) is 52.6 Å². The summed E-state index contributed by atoms with van der Waals surface area (Å²) >= 11 is 0. The van der Waals surface area contributed by atoms with Gasteiger partial charge in [-0.25, -0.2) is 0 Å². The third kappa shape index (κ3) is 2.92. The molecule has 1 aliphatic carbocycles. The standard InChI is InChI=1S/C15H21N3/c1-18(9-8-16-13-6-7-13)11-14-10-12-4-2-3-5-15(12)17-14/h2-5,10,13,16-17H,6-9,11H2,1H3. The molecule has 2 aromatic rings. The van der Waals surface area contributed by atoms with Gasteiger partial charge in [-0.15, -0.1) is 0 Å². The Morgan fingerprint density at radius 2 is 2.17 bits per heavy atom. The summed E-state index contributed by atoms with van der Waals surface area (Å²) in [7, 11) is 2.18. The number of hydrogen-bond acceptors (Lipinski definition) is 2. The highest BCUT2D eigenvalue weighted by atomic mass is 15.1. The van der Waals surface area contributed by atoms with Crippen molar-refractivity contribution in [2.75, 3.05) is 20.1 Å². The van der Waals surface area contributed by atoms with Crippen LogP contribution in [0.2, 0.25) is 0 Å². The number of nitrogens with zero attached hydrogens (tertiary/aromatic N) is 1. The normalized spacial score (nSPS) is 15.7. The molecule has 1 heterocycles. The molecule has 96 valence electrons. The van der Waals surface area contributed by atoms with Crippen LogP contribution < -0.4 is 5.32 Å². The van der Waals surface area contributed by atoms with E-state index in [1.54, 1.807) is 0 Å². The van der Waals surface area contributed by atoms with Gasteiger partial charge in [0.25, 0.3) is 0 Å². The van der Waals surface area contributed by atoms with E-state index >= 15 is 0 Å². The highest BCUT2D eigenvalue weighted by molar-refractivity contribution is 5.80. The molecule has 2 N–H and O–H groups in total. The van der Waals surface area contributed by atoms with E-state index in [9.17, 15) is 0 Å². The first-order valence-electron chi connectivity index (χ1n) is 6.80. The van der Waals surface area contributed by atoms with E-state index in [0.29, 0.717) is 0 Å². The van der Waals surface area contributed by atoms with Crippen molar-refractivity contribution in [2.24, 2.45) is 0 Å². The van der Waals surface area contributed by atoms with Gasteiger partial charge in [-0.3, -0.25) is 4.90 Å². The first-order chi connectivity index (χ1) is 8.81. The van der Waals surface area contributed by atoms with Crippen molar-refractivity contribution in [3.63, 3.8) is 0 Å². The fourth-order valence-corrected chi connectivity index (χ4v) is 2.34. The zero-order chi connectivity index (χ0) is 12.4. The number of likely N-dealkylation sites (N-methyl/N-ethyl adjacent to an activating group) is 1. The Hall–Kier alpha value is -1.32. The van der Waals surface area contributed by atoms with Crippen LogP contribution in [-0.2, 0) is 6.54 Å². The summed E-state index contributed by atoms with van der Waals surface area (Å²) in [5.41, 5.74) is 2.53. The minimum Gasteiger partial charge on any atom is -0.357 e. The predicted octanol–water partition coefficient (Wildman–Crippen LogP) is 2.35. The number of nitrogens with one attached hydrogen (secondary N) is 2. The average Bonchev–Trinajstić information content (AvgIpc) is 3.08. The fourth-order valence-electron chi connectivity index (χ4n) is 2.34. The third-order valence-electron chi connectivity index (χ3n) is 3.53. The average molecular weight is 243 g/mol. The van der Waals surface area contributed by atoms with Gasteiger partial charge in [0.05, 0.1) is 0 Å². The summed E-state index contributed by atoms with van der Waals surface area (Å²) in [4.78, 5) is 5.84. The number of aromatic amines is 1. The molecule has 3 rings (SSSR count). The molecule has 1 aromatic heterocycles. The summed E-state index contributed by atoms with van der Waals surface area (Å²) in [6.45, 7) is 3.19.